The summed E-state index contributed by atoms with van der Waals surface area (Å²) >= 11 is 1.16. The predicted octanol–water partition coefficient (Wildman–Crippen LogP) is 3.00. The fourth-order valence-electron chi connectivity index (χ4n) is 1.92. The third-order valence-corrected chi connectivity index (χ3v) is 3.84. The Morgan fingerprint density at radius 1 is 1.40 bits per heavy atom. The van der Waals surface area contributed by atoms with Crippen molar-refractivity contribution in [3.63, 3.8) is 0 Å². The number of nitro groups is 1. The molecular formula is C14H16N2O3S. The summed E-state index contributed by atoms with van der Waals surface area (Å²) in [6.45, 7) is 1.43. The van der Waals surface area contributed by atoms with E-state index in [4.69, 9.17) is 4.74 Å². The van der Waals surface area contributed by atoms with E-state index in [0.717, 1.165) is 41.2 Å². The molecule has 1 heterocycles. The summed E-state index contributed by atoms with van der Waals surface area (Å²) in [5.74, 6) is 0.889. The summed E-state index contributed by atoms with van der Waals surface area (Å²) in [6.07, 6.45) is 0.857. The van der Waals surface area contributed by atoms with Crippen LogP contribution >= 0.6 is 11.3 Å². The molecule has 0 amide bonds. The van der Waals surface area contributed by atoms with Crippen molar-refractivity contribution >= 4 is 16.3 Å². The van der Waals surface area contributed by atoms with Crippen LogP contribution in [0.4, 0.5) is 5.00 Å². The number of ether oxygens (including phenoxy) is 1. The second kappa shape index (κ2) is 7.02. The van der Waals surface area contributed by atoms with Gasteiger partial charge in [0.25, 0.3) is 0 Å². The van der Waals surface area contributed by atoms with Crippen LogP contribution in [0.3, 0.4) is 0 Å². The lowest BCUT2D eigenvalue weighted by atomic mass is 10.1. The van der Waals surface area contributed by atoms with Crippen LogP contribution in [0.1, 0.15) is 11.1 Å². The third kappa shape index (κ3) is 3.79. The highest BCUT2D eigenvalue weighted by atomic mass is 32.1. The van der Waals surface area contributed by atoms with E-state index in [-0.39, 0.29) is 9.92 Å². The highest BCUT2D eigenvalue weighted by molar-refractivity contribution is 7.13. The van der Waals surface area contributed by atoms with Crippen LogP contribution in [0.25, 0.3) is 0 Å². The lowest BCUT2D eigenvalue weighted by molar-refractivity contribution is -0.380. The largest absolute Gasteiger partial charge is 0.496 e. The molecule has 1 N–H and O–H groups in total. The van der Waals surface area contributed by atoms with Crippen LogP contribution in [-0.2, 0) is 13.0 Å². The number of thiophene rings is 1. The average molecular weight is 292 g/mol. The molecule has 0 fully saturated rings. The first-order chi connectivity index (χ1) is 9.70. The summed E-state index contributed by atoms with van der Waals surface area (Å²) < 4.78 is 5.29. The maximum atomic E-state index is 10.6. The van der Waals surface area contributed by atoms with Gasteiger partial charge in [-0.05, 0) is 30.2 Å². The molecule has 2 aromatic rings. The van der Waals surface area contributed by atoms with Crippen LogP contribution in [0.15, 0.2) is 35.7 Å². The third-order valence-electron chi connectivity index (χ3n) is 2.91. The zero-order valence-corrected chi connectivity index (χ0v) is 12.0. The molecule has 5 nitrogen and oxygen atoms in total. The smallest absolute Gasteiger partial charge is 0.324 e. The van der Waals surface area contributed by atoms with Crippen molar-refractivity contribution in [2.45, 2.75) is 13.0 Å². The van der Waals surface area contributed by atoms with Crippen LogP contribution in [0.2, 0.25) is 0 Å². The Morgan fingerprint density at radius 3 is 2.90 bits per heavy atom. The molecule has 1 aromatic carbocycles. The molecule has 0 atom stereocenters. The van der Waals surface area contributed by atoms with Crippen molar-refractivity contribution in [1.82, 2.24) is 5.32 Å². The van der Waals surface area contributed by atoms with E-state index in [9.17, 15) is 10.1 Å². The second-order valence-corrected chi connectivity index (χ2v) is 5.18. The van der Waals surface area contributed by atoms with E-state index >= 15 is 0 Å². The minimum absolute atomic E-state index is 0.187. The first-order valence-electron chi connectivity index (χ1n) is 6.25. The molecule has 106 valence electrons. The topological polar surface area (TPSA) is 64.4 Å². The van der Waals surface area contributed by atoms with Crippen molar-refractivity contribution in [2.24, 2.45) is 0 Å². The van der Waals surface area contributed by atoms with Gasteiger partial charge in [0, 0.05) is 18.0 Å². The van der Waals surface area contributed by atoms with Gasteiger partial charge in [0.15, 0.2) is 0 Å². The van der Waals surface area contributed by atoms with Crippen LogP contribution in [-0.4, -0.2) is 18.6 Å². The second-order valence-electron chi connectivity index (χ2n) is 4.29. The van der Waals surface area contributed by atoms with Gasteiger partial charge in [0.05, 0.1) is 12.0 Å². The van der Waals surface area contributed by atoms with Crippen molar-refractivity contribution in [3.8, 4) is 5.75 Å². The SMILES string of the molecule is COc1ccccc1CCNCc1csc([N+](=O)[O-])c1. The molecule has 0 aliphatic rings. The van der Waals surface area contributed by atoms with E-state index in [1.54, 1.807) is 13.2 Å². The number of hydrogen-bond donors (Lipinski definition) is 1. The molecule has 0 aliphatic carbocycles. The summed E-state index contributed by atoms with van der Waals surface area (Å²) in [5.41, 5.74) is 2.10. The van der Waals surface area contributed by atoms with Crippen molar-refractivity contribution in [1.29, 1.82) is 0 Å². The Hall–Kier alpha value is -1.92. The van der Waals surface area contributed by atoms with Gasteiger partial charge in [-0.1, -0.05) is 29.5 Å². The molecule has 0 bridgehead atoms. The number of methoxy groups -OCH3 is 1. The monoisotopic (exact) mass is 292 g/mol. The average Bonchev–Trinajstić information content (AvgIpc) is 2.93. The number of nitrogens with one attached hydrogen (secondary N) is 1. The molecule has 1 aromatic heterocycles. The summed E-state index contributed by atoms with van der Waals surface area (Å²) in [6, 6.07) is 9.52. The van der Waals surface area contributed by atoms with E-state index in [1.807, 2.05) is 29.6 Å². The van der Waals surface area contributed by atoms with E-state index in [2.05, 4.69) is 5.32 Å². The summed E-state index contributed by atoms with van der Waals surface area (Å²) in [5, 5.41) is 15.9. The molecule has 0 spiro atoms. The molecular weight excluding hydrogens is 276 g/mol. The number of nitrogens with zero attached hydrogens (tertiary/aromatic N) is 1. The molecule has 0 saturated heterocycles. The zero-order chi connectivity index (χ0) is 14.4. The number of benzene rings is 1. The quantitative estimate of drug-likeness (QED) is 0.484. The Balaban J connectivity index is 1.80. The Labute approximate surface area is 121 Å². The fourth-order valence-corrected chi connectivity index (χ4v) is 2.65. The van der Waals surface area contributed by atoms with E-state index in [0.29, 0.717) is 6.54 Å². The molecule has 20 heavy (non-hydrogen) atoms. The minimum Gasteiger partial charge on any atom is -0.496 e. The fraction of sp³-hybridized carbons (Fsp3) is 0.286. The molecule has 0 radical (unpaired) electrons. The van der Waals surface area contributed by atoms with Crippen LogP contribution in [0, 0.1) is 10.1 Å². The summed E-state index contributed by atoms with van der Waals surface area (Å²) in [7, 11) is 1.66. The van der Waals surface area contributed by atoms with Gasteiger partial charge in [-0.2, -0.15) is 0 Å². The lowest BCUT2D eigenvalue weighted by Crippen LogP contribution is -2.16. The standard InChI is InChI=1S/C14H16N2O3S/c1-19-13-5-3-2-4-12(13)6-7-15-9-11-8-14(16(17)18)20-10-11/h2-5,8,10,15H,6-7,9H2,1H3. The Bertz CT molecular complexity index is 583. The van der Waals surface area contributed by atoms with Gasteiger partial charge >= 0.3 is 5.00 Å². The van der Waals surface area contributed by atoms with Gasteiger partial charge in [-0.25, -0.2) is 0 Å². The van der Waals surface area contributed by atoms with Gasteiger partial charge in [-0.15, -0.1) is 0 Å². The van der Waals surface area contributed by atoms with Gasteiger partial charge in [-0.3, -0.25) is 10.1 Å². The normalized spacial score (nSPS) is 10.4. The number of hydrogen-bond acceptors (Lipinski definition) is 5. The van der Waals surface area contributed by atoms with Gasteiger partial charge < -0.3 is 10.1 Å². The summed E-state index contributed by atoms with van der Waals surface area (Å²) in [4.78, 5) is 10.2. The van der Waals surface area contributed by atoms with Gasteiger partial charge in [0.1, 0.15) is 5.75 Å². The van der Waals surface area contributed by atoms with Crippen molar-refractivity contribution < 1.29 is 9.66 Å². The Morgan fingerprint density at radius 2 is 2.20 bits per heavy atom. The highest BCUT2D eigenvalue weighted by Gasteiger charge is 2.09. The molecule has 6 heteroatoms. The number of para-hydroxylation sites is 1. The van der Waals surface area contributed by atoms with Crippen LogP contribution < -0.4 is 10.1 Å². The molecule has 0 saturated carbocycles. The number of rotatable bonds is 7. The molecule has 2 rings (SSSR count). The van der Waals surface area contributed by atoms with E-state index in [1.165, 1.54) is 0 Å². The Kier molecular flexibility index (Phi) is 5.09. The van der Waals surface area contributed by atoms with Crippen LogP contribution in [0.5, 0.6) is 5.75 Å². The van der Waals surface area contributed by atoms with Crippen molar-refractivity contribution in [2.75, 3.05) is 13.7 Å². The van der Waals surface area contributed by atoms with Gasteiger partial charge in [0.2, 0.25) is 0 Å². The van der Waals surface area contributed by atoms with E-state index < -0.39 is 0 Å². The zero-order valence-electron chi connectivity index (χ0n) is 11.2. The molecule has 0 aliphatic heterocycles. The minimum atomic E-state index is -0.358. The first-order valence-corrected chi connectivity index (χ1v) is 7.13. The maximum absolute atomic E-state index is 10.6. The molecule has 0 unspecified atom stereocenters. The van der Waals surface area contributed by atoms with Crippen molar-refractivity contribution in [3.05, 3.63) is 57.0 Å². The highest BCUT2D eigenvalue weighted by Crippen LogP contribution is 2.22. The lowest BCUT2D eigenvalue weighted by Gasteiger charge is -2.08. The first kappa shape index (κ1) is 14.5. The predicted molar refractivity (Wildman–Crippen MR) is 79.4 cm³/mol. The maximum Gasteiger partial charge on any atom is 0.324 e.